The Hall–Kier alpha value is -0.870. The molecule has 1 rings (SSSR count). The van der Waals surface area contributed by atoms with Crippen LogP contribution in [-0.2, 0) is 4.74 Å². The van der Waals surface area contributed by atoms with E-state index in [1.165, 1.54) is 0 Å². The predicted octanol–water partition coefficient (Wildman–Crippen LogP) is 1.07. The first-order valence-corrected chi connectivity index (χ1v) is 4.53. The third-order valence-electron chi connectivity index (χ3n) is 1.70. The van der Waals surface area contributed by atoms with Crippen molar-refractivity contribution in [1.82, 2.24) is 10.0 Å². The summed E-state index contributed by atoms with van der Waals surface area (Å²) in [5.74, 6) is 0. The fourth-order valence-corrected chi connectivity index (χ4v) is 1.07. The lowest BCUT2D eigenvalue weighted by molar-refractivity contribution is -0.112. The molecule has 1 heterocycles. The molecule has 0 bridgehead atoms. The number of hydrogen-bond acceptors (Lipinski definition) is 4. The zero-order valence-electron chi connectivity index (χ0n) is 8.47. The van der Waals surface area contributed by atoms with Crippen LogP contribution in [0.2, 0.25) is 0 Å². The number of hydrogen-bond donors (Lipinski definition) is 0. The minimum atomic E-state index is -0.194. The zero-order valence-corrected chi connectivity index (χ0v) is 8.47. The summed E-state index contributed by atoms with van der Waals surface area (Å²) in [5.41, 5.74) is 0. The van der Waals surface area contributed by atoms with Crippen molar-refractivity contribution < 1.29 is 4.74 Å². The van der Waals surface area contributed by atoms with Crippen LogP contribution < -0.4 is 0 Å². The lowest BCUT2D eigenvalue weighted by Gasteiger charge is -2.33. The molecule has 0 aromatic rings. The third kappa shape index (κ3) is 2.82. The highest BCUT2D eigenvalue weighted by molar-refractivity contribution is 5.71. The van der Waals surface area contributed by atoms with Gasteiger partial charge in [0, 0.05) is 26.5 Å². The van der Waals surface area contributed by atoms with Gasteiger partial charge in [-0.05, 0) is 12.5 Å². The number of rotatable bonds is 4. The first-order valence-electron chi connectivity index (χ1n) is 4.53. The topological polar surface area (TPSA) is 28.1 Å². The fourth-order valence-electron chi connectivity index (χ4n) is 1.07. The van der Waals surface area contributed by atoms with Crippen molar-refractivity contribution in [3.63, 3.8) is 0 Å². The van der Waals surface area contributed by atoms with Crippen LogP contribution in [0.5, 0.6) is 0 Å². The van der Waals surface area contributed by atoms with Gasteiger partial charge in [-0.15, -0.1) is 0 Å². The Bertz CT molecular complexity index is 201. The number of hydrazine groups is 1. The quantitative estimate of drug-likeness (QED) is 0.652. The van der Waals surface area contributed by atoms with Crippen molar-refractivity contribution >= 4 is 6.21 Å². The van der Waals surface area contributed by atoms with E-state index in [9.17, 15) is 0 Å². The Morgan fingerprint density at radius 2 is 2.31 bits per heavy atom. The van der Waals surface area contributed by atoms with Crippen molar-refractivity contribution in [2.24, 2.45) is 4.99 Å². The standard InChI is InChI=1S/C9H17N3O/c1-4-8-13-9-10-6-5-7-12(9)11(2)3/h5-7,9H,4,8H2,1-3H3. The summed E-state index contributed by atoms with van der Waals surface area (Å²) in [6.45, 7) is 2.82. The van der Waals surface area contributed by atoms with Crippen LogP contribution in [0.4, 0.5) is 0 Å². The molecule has 0 amide bonds. The average Bonchev–Trinajstić information content (AvgIpc) is 2.15. The van der Waals surface area contributed by atoms with E-state index in [0.717, 1.165) is 13.0 Å². The van der Waals surface area contributed by atoms with Crippen molar-refractivity contribution in [2.75, 3.05) is 20.7 Å². The molecule has 0 N–H and O–H groups in total. The highest BCUT2D eigenvalue weighted by atomic mass is 16.5. The van der Waals surface area contributed by atoms with E-state index >= 15 is 0 Å². The Morgan fingerprint density at radius 3 is 2.92 bits per heavy atom. The Balaban J connectivity index is 2.49. The Kier molecular flexibility index (Phi) is 3.92. The van der Waals surface area contributed by atoms with Gasteiger partial charge in [-0.1, -0.05) is 6.92 Å². The first kappa shape index (κ1) is 10.2. The van der Waals surface area contributed by atoms with Crippen molar-refractivity contribution in [3.05, 3.63) is 12.3 Å². The van der Waals surface area contributed by atoms with E-state index in [1.807, 2.05) is 36.4 Å². The van der Waals surface area contributed by atoms with Crippen LogP contribution in [0, 0.1) is 0 Å². The smallest absolute Gasteiger partial charge is 0.241 e. The van der Waals surface area contributed by atoms with E-state index in [-0.39, 0.29) is 6.35 Å². The molecule has 1 unspecified atom stereocenters. The molecule has 0 fully saturated rings. The average molecular weight is 183 g/mol. The molecular weight excluding hydrogens is 166 g/mol. The zero-order chi connectivity index (χ0) is 9.68. The van der Waals surface area contributed by atoms with Gasteiger partial charge in [0.2, 0.25) is 6.35 Å². The second kappa shape index (κ2) is 4.99. The molecule has 74 valence electrons. The van der Waals surface area contributed by atoms with E-state index in [4.69, 9.17) is 4.74 Å². The minimum absolute atomic E-state index is 0.194. The van der Waals surface area contributed by atoms with Gasteiger partial charge >= 0.3 is 0 Å². The molecule has 0 saturated heterocycles. The van der Waals surface area contributed by atoms with E-state index in [2.05, 4.69) is 11.9 Å². The van der Waals surface area contributed by atoms with Crippen molar-refractivity contribution in [1.29, 1.82) is 0 Å². The molecule has 0 saturated carbocycles. The van der Waals surface area contributed by atoms with Gasteiger partial charge in [-0.25, -0.2) is 10.0 Å². The fraction of sp³-hybridized carbons (Fsp3) is 0.667. The van der Waals surface area contributed by atoms with Crippen LogP contribution in [0.25, 0.3) is 0 Å². The van der Waals surface area contributed by atoms with Crippen LogP contribution in [0.3, 0.4) is 0 Å². The maximum atomic E-state index is 5.54. The van der Waals surface area contributed by atoms with Gasteiger partial charge in [0.25, 0.3) is 0 Å². The molecule has 0 aromatic carbocycles. The molecule has 1 aliphatic rings. The highest BCUT2D eigenvalue weighted by Crippen LogP contribution is 2.09. The van der Waals surface area contributed by atoms with Gasteiger partial charge in [0.15, 0.2) is 0 Å². The van der Waals surface area contributed by atoms with Gasteiger partial charge in [-0.2, -0.15) is 0 Å². The molecule has 0 radical (unpaired) electrons. The van der Waals surface area contributed by atoms with Crippen LogP contribution in [0.15, 0.2) is 17.3 Å². The molecule has 4 heteroatoms. The second-order valence-electron chi connectivity index (χ2n) is 3.06. The summed E-state index contributed by atoms with van der Waals surface area (Å²) < 4.78 is 5.54. The molecule has 13 heavy (non-hydrogen) atoms. The molecular formula is C9H17N3O. The Morgan fingerprint density at radius 1 is 1.54 bits per heavy atom. The maximum Gasteiger partial charge on any atom is 0.241 e. The highest BCUT2D eigenvalue weighted by Gasteiger charge is 2.17. The maximum absolute atomic E-state index is 5.54. The van der Waals surface area contributed by atoms with Gasteiger partial charge < -0.3 is 4.74 Å². The molecule has 0 aliphatic carbocycles. The number of nitrogens with zero attached hydrogens (tertiary/aromatic N) is 3. The largest absolute Gasteiger partial charge is 0.338 e. The lowest BCUT2D eigenvalue weighted by atomic mass is 10.5. The molecule has 4 nitrogen and oxygen atoms in total. The van der Waals surface area contributed by atoms with E-state index in [0.29, 0.717) is 0 Å². The molecule has 1 atom stereocenters. The lowest BCUT2D eigenvalue weighted by Crippen LogP contribution is -2.42. The van der Waals surface area contributed by atoms with E-state index in [1.54, 1.807) is 6.21 Å². The van der Waals surface area contributed by atoms with Crippen LogP contribution >= 0.6 is 0 Å². The van der Waals surface area contributed by atoms with Crippen molar-refractivity contribution in [3.8, 4) is 0 Å². The predicted molar refractivity (Wildman–Crippen MR) is 53.2 cm³/mol. The molecule has 1 aliphatic heterocycles. The van der Waals surface area contributed by atoms with Crippen LogP contribution in [0.1, 0.15) is 13.3 Å². The third-order valence-corrected chi connectivity index (χ3v) is 1.70. The number of ether oxygens (including phenoxy) is 1. The Labute approximate surface area is 79.5 Å². The summed E-state index contributed by atoms with van der Waals surface area (Å²) in [6, 6.07) is 0. The van der Waals surface area contributed by atoms with Crippen LogP contribution in [-0.4, -0.2) is 43.3 Å². The van der Waals surface area contributed by atoms with Gasteiger partial charge in [0.05, 0.1) is 6.61 Å². The van der Waals surface area contributed by atoms with E-state index < -0.39 is 0 Å². The van der Waals surface area contributed by atoms with Gasteiger partial charge in [-0.3, -0.25) is 5.01 Å². The summed E-state index contributed by atoms with van der Waals surface area (Å²) >= 11 is 0. The summed E-state index contributed by atoms with van der Waals surface area (Å²) in [6.07, 6.45) is 6.43. The normalized spacial score (nSPS) is 21.5. The SMILES string of the molecule is CCCOC1N=CC=CN1N(C)C. The number of allylic oxidation sites excluding steroid dienone is 1. The monoisotopic (exact) mass is 183 g/mol. The first-order chi connectivity index (χ1) is 6.25. The summed E-state index contributed by atoms with van der Waals surface area (Å²) in [4.78, 5) is 4.22. The second-order valence-corrected chi connectivity index (χ2v) is 3.06. The molecule has 0 aromatic heterocycles. The molecule has 0 spiro atoms. The summed E-state index contributed by atoms with van der Waals surface area (Å²) in [7, 11) is 3.93. The minimum Gasteiger partial charge on any atom is -0.338 e. The van der Waals surface area contributed by atoms with Gasteiger partial charge in [0.1, 0.15) is 0 Å². The number of aliphatic imine (C=N–C) groups is 1. The summed E-state index contributed by atoms with van der Waals surface area (Å²) in [5, 5.41) is 3.89. The van der Waals surface area contributed by atoms with Crippen molar-refractivity contribution in [2.45, 2.75) is 19.7 Å².